The SMILES string of the molecule is [2H]c1c([2H])c([2H])c2c(c1[2H])c1ccccc1n2-c1cc(-c2c(-c3cccc4c3c3ccccc3n4-c3ccccc3)cccc2-n2c3ccccc3c3ccccc32)nc(-n2c3ccccc3c3c([2H])c([2H])c([2H])c([2H])c32)c1. The maximum atomic E-state index is 9.58. The van der Waals surface area contributed by atoms with E-state index in [1.807, 2.05) is 100 Å². The first-order chi connectivity index (χ1) is 38.1. The molecule has 0 bridgehead atoms. The van der Waals surface area contributed by atoms with Gasteiger partial charge < -0.3 is 13.7 Å². The highest BCUT2D eigenvalue weighted by Crippen LogP contribution is 2.46. The fraction of sp³-hybridized carbons (Fsp3) is 0. The van der Waals surface area contributed by atoms with E-state index in [4.69, 9.17) is 10.5 Å². The largest absolute Gasteiger partial charge is 0.309 e. The number of fused-ring (bicyclic) bond motifs is 12. The van der Waals surface area contributed by atoms with Crippen LogP contribution in [0.15, 0.2) is 249 Å². The summed E-state index contributed by atoms with van der Waals surface area (Å²) < 4.78 is 81.8. The van der Waals surface area contributed by atoms with Crippen LogP contribution in [0.5, 0.6) is 0 Å². The first-order valence-electron chi connectivity index (χ1n) is 27.3. The van der Waals surface area contributed by atoms with E-state index in [1.165, 1.54) is 0 Å². The Balaban J connectivity index is 1.16. The third kappa shape index (κ3) is 5.51. The molecule has 70 heavy (non-hydrogen) atoms. The molecule has 5 nitrogen and oxygen atoms in total. The topological polar surface area (TPSA) is 32.6 Å². The molecular formula is C65H41N5. The van der Waals surface area contributed by atoms with Gasteiger partial charge in [-0.2, -0.15) is 0 Å². The van der Waals surface area contributed by atoms with Crippen LogP contribution in [0.1, 0.15) is 11.0 Å². The number of nitrogens with zero attached hydrogens (tertiary/aromatic N) is 5. The predicted molar refractivity (Wildman–Crippen MR) is 292 cm³/mol. The molecule has 0 unspecified atom stereocenters. The van der Waals surface area contributed by atoms with Crippen molar-refractivity contribution in [3.8, 4) is 45.3 Å². The first-order valence-corrected chi connectivity index (χ1v) is 23.3. The molecule has 0 fully saturated rings. The van der Waals surface area contributed by atoms with E-state index in [0.717, 1.165) is 71.7 Å². The van der Waals surface area contributed by atoms with Crippen LogP contribution in [0.25, 0.3) is 132 Å². The highest BCUT2D eigenvalue weighted by Gasteiger charge is 2.25. The van der Waals surface area contributed by atoms with Gasteiger partial charge in [0.2, 0.25) is 0 Å². The number of para-hydroxylation sites is 8. The van der Waals surface area contributed by atoms with Crippen LogP contribution in [0, 0.1) is 0 Å². The smallest absolute Gasteiger partial charge is 0.140 e. The van der Waals surface area contributed by atoms with Crippen molar-refractivity contribution in [2.24, 2.45) is 0 Å². The number of rotatable bonds is 6. The van der Waals surface area contributed by atoms with Crippen LogP contribution in [0.3, 0.4) is 0 Å². The molecule has 10 aromatic carbocycles. The summed E-state index contributed by atoms with van der Waals surface area (Å²) in [5.74, 6) is 0.326. The fourth-order valence-corrected chi connectivity index (χ4v) is 11.2. The van der Waals surface area contributed by atoms with Gasteiger partial charge in [0, 0.05) is 60.4 Å². The Hall–Kier alpha value is -9.45. The number of aromatic nitrogens is 5. The summed E-state index contributed by atoms with van der Waals surface area (Å²) in [5.41, 5.74) is 11.2. The lowest BCUT2D eigenvalue weighted by molar-refractivity contribution is 1.06. The predicted octanol–water partition coefficient (Wildman–Crippen LogP) is 16.8. The van der Waals surface area contributed by atoms with Crippen molar-refractivity contribution in [1.29, 1.82) is 0 Å². The molecule has 0 saturated carbocycles. The zero-order valence-electron chi connectivity index (χ0n) is 45.3. The lowest BCUT2D eigenvalue weighted by Gasteiger charge is -2.21. The minimum Gasteiger partial charge on any atom is -0.309 e. The van der Waals surface area contributed by atoms with E-state index in [9.17, 15) is 5.48 Å². The Labute approximate surface area is 413 Å². The van der Waals surface area contributed by atoms with Crippen LogP contribution in [0.2, 0.25) is 0 Å². The third-order valence-corrected chi connectivity index (χ3v) is 14.0. The van der Waals surface area contributed by atoms with Gasteiger partial charge in [-0.25, -0.2) is 4.98 Å². The molecule has 0 aliphatic heterocycles. The average Bonchev–Trinajstić information content (AvgIpc) is 4.38. The van der Waals surface area contributed by atoms with E-state index >= 15 is 0 Å². The second-order valence-electron chi connectivity index (χ2n) is 17.7. The second kappa shape index (κ2) is 15.0. The van der Waals surface area contributed by atoms with Gasteiger partial charge in [0.15, 0.2) is 0 Å². The van der Waals surface area contributed by atoms with Crippen molar-refractivity contribution in [2.45, 2.75) is 0 Å². The molecule has 326 valence electrons. The molecule has 5 aromatic heterocycles. The lowest BCUT2D eigenvalue weighted by Crippen LogP contribution is -2.06. The quantitative estimate of drug-likeness (QED) is 0.164. The van der Waals surface area contributed by atoms with Gasteiger partial charge in [0.1, 0.15) is 5.82 Å². The van der Waals surface area contributed by atoms with Gasteiger partial charge in [-0.05, 0) is 83.9 Å². The van der Waals surface area contributed by atoms with Crippen LogP contribution in [-0.2, 0) is 0 Å². The molecule has 15 rings (SSSR count). The Morgan fingerprint density at radius 3 is 1.41 bits per heavy atom. The number of pyridine rings is 1. The molecule has 5 heterocycles. The normalized spacial score (nSPS) is 13.6. The monoisotopic (exact) mass is 899 g/mol. The Morgan fingerprint density at radius 2 is 0.771 bits per heavy atom. The van der Waals surface area contributed by atoms with Gasteiger partial charge in [-0.15, -0.1) is 0 Å². The van der Waals surface area contributed by atoms with E-state index < -0.39 is 0 Å². The summed E-state index contributed by atoms with van der Waals surface area (Å²) >= 11 is 0. The summed E-state index contributed by atoms with van der Waals surface area (Å²) in [6, 6.07) is 65.0. The van der Waals surface area contributed by atoms with E-state index in [2.05, 4.69) is 118 Å². The maximum Gasteiger partial charge on any atom is 0.140 e. The zero-order chi connectivity index (χ0) is 52.8. The van der Waals surface area contributed by atoms with Gasteiger partial charge in [0.05, 0.1) is 72.2 Å². The van der Waals surface area contributed by atoms with Crippen molar-refractivity contribution < 1.29 is 11.0 Å². The highest BCUT2D eigenvalue weighted by atomic mass is 15.1. The third-order valence-electron chi connectivity index (χ3n) is 14.0. The second-order valence-corrected chi connectivity index (χ2v) is 17.7. The summed E-state index contributed by atoms with van der Waals surface area (Å²) in [4.78, 5) is 5.75. The molecule has 0 atom stereocenters. The number of hydrogen-bond acceptors (Lipinski definition) is 1. The standard InChI is InChI=1S/C65H41N5/c1-2-20-42(21-3-1)67-60-37-17-10-28-52(60)64-50(29-18-38-61(64)67)51-30-19-39-62(69-56-33-13-6-24-46(56)47-25-7-14-34-57(47)69)65(51)53-40-43(68-54-31-11-4-22-44(54)45-23-5-12-32-55(45)68)41-63(66-53)70-58-35-15-8-26-48(58)49-27-9-16-36-59(49)70/h1-41H/i4D,8D,11D,15D,22D,26D,31D,35D. The summed E-state index contributed by atoms with van der Waals surface area (Å²) in [7, 11) is 0. The van der Waals surface area contributed by atoms with E-state index in [-0.39, 0.29) is 59.4 Å². The molecule has 15 aromatic rings. The van der Waals surface area contributed by atoms with Crippen LogP contribution in [-0.4, -0.2) is 23.3 Å². The van der Waals surface area contributed by atoms with E-state index in [1.54, 1.807) is 0 Å². The van der Waals surface area contributed by atoms with Crippen LogP contribution < -0.4 is 0 Å². The highest BCUT2D eigenvalue weighted by molar-refractivity contribution is 6.18. The van der Waals surface area contributed by atoms with E-state index in [0.29, 0.717) is 49.8 Å². The molecule has 0 aliphatic rings. The van der Waals surface area contributed by atoms with Crippen molar-refractivity contribution >= 4 is 87.2 Å². The lowest BCUT2D eigenvalue weighted by atomic mass is 9.92. The van der Waals surface area contributed by atoms with Crippen LogP contribution >= 0.6 is 0 Å². The Bertz CT molecular complexity index is 4880. The summed E-state index contributed by atoms with van der Waals surface area (Å²) in [6.45, 7) is 0. The van der Waals surface area contributed by atoms with Gasteiger partial charge in [-0.3, -0.25) is 4.57 Å². The van der Waals surface area contributed by atoms with Gasteiger partial charge in [0.25, 0.3) is 0 Å². The molecule has 5 heteroatoms. The van der Waals surface area contributed by atoms with Crippen molar-refractivity contribution in [3.05, 3.63) is 249 Å². The molecular weight excluding hydrogens is 851 g/mol. The minimum atomic E-state index is -0.381. The molecule has 0 aliphatic carbocycles. The van der Waals surface area contributed by atoms with Crippen molar-refractivity contribution in [3.63, 3.8) is 0 Å². The number of hydrogen-bond donors (Lipinski definition) is 0. The summed E-state index contributed by atoms with van der Waals surface area (Å²) in [5, 5.41) is 6.20. The van der Waals surface area contributed by atoms with Gasteiger partial charge in [-0.1, -0.05) is 170 Å². The molecule has 0 amide bonds. The minimum absolute atomic E-state index is 0.157. The van der Waals surface area contributed by atoms with Crippen LogP contribution in [0.4, 0.5) is 0 Å². The fourth-order valence-electron chi connectivity index (χ4n) is 11.2. The van der Waals surface area contributed by atoms with Gasteiger partial charge >= 0.3 is 0 Å². The first kappa shape index (κ1) is 31.5. The Kier molecular flexibility index (Phi) is 6.76. The van der Waals surface area contributed by atoms with Crippen molar-refractivity contribution in [2.75, 3.05) is 0 Å². The maximum absolute atomic E-state index is 9.58. The molecule has 0 saturated heterocycles. The molecule has 0 radical (unpaired) electrons. The molecule has 0 spiro atoms. The van der Waals surface area contributed by atoms with Crippen molar-refractivity contribution in [1.82, 2.24) is 23.3 Å². The summed E-state index contributed by atoms with van der Waals surface area (Å²) in [6.07, 6.45) is 0. The number of benzene rings is 10. The average molecular weight is 900 g/mol. The zero-order valence-corrected chi connectivity index (χ0v) is 37.3. The Morgan fingerprint density at radius 1 is 0.314 bits per heavy atom. The molecule has 0 N–H and O–H groups in total.